The minimum Gasteiger partial charge on any atom is -0.464 e. The van der Waals surface area contributed by atoms with Crippen molar-refractivity contribution < 1.29 is 9.47 Å². The van der Waals surface area contributed by atoms with Gasteiger partial charge in [0.25, 0.3) is 0 Å². The molecule has 7 heteroatoms. The van der Waals surface area contributed by atoms with Gasteiger partial charge in [-0.25, -0.2) is 0 Å². The maximum absolute atomic E-state index is 5.64. The maximum Gasteiger partial charge on any atom is 0.323 e. The fourth-order valence-corrected chi connectivity index (χ4v) is 1.68. The standard InChI is InChI=1S/C14H27N5O2/c1-6-9-15-11-17-12(19-13(18-11)20-7-2)16-10-14(4,5)21-8-3/h6-10H2,1-5H3,(H2,15,16,17,18,19). The van der Waals surface area contributed by atoms with E-state index in [1.165, 1.54) is 0 Å². The predicted molar refractivity (Wildman–Crippen MR) is 84.0 cm³/mol. The molecule has 0 bridgehead atoms. The van der Waals surface area contributed by atoms with Gasteiger partial charge >= 0.3 is 6.01 Å². The highest BCUT2D eigenvalue weighted by Gasteiger charge is 2.18. The van der Waals surface area contributed by atoms with E-state index in [9.17, 15) is 0 Å². The van der Waals surface area contributed by atoms with Crippen molar-refractivity contribution in [2.45, 2.75) is 46.6 Å². The van der Waals surface area contributed by atoms with E-state index in [4.69, 9.17) is 9.47 Å². The van der Waals surface area contributed by atoms with E-state index in [-0.39, 0.29) is 5.60 Å². The van der Waals surface area contributed by atoms with Gasteiger partial charge in [0.15, 0.2) is 0 Å². The van der Waals surface area contributed by atoms with Crippen LogP contribution in [0.25, 0.3) is 0 Å². The van der Waals surface area contributed by atoms with Crippen LogP contribution < -0.4 is 15.4 Å². The molecule has 0 aromatic carbocycles. The van der Waals surface area contributed by atoms with Gasteiger partial charge in [-0.3, -0.25) is 0 Å². The Bertz CT molecular complexity index is 426. The number of ether oxygens (including phenoxy) is 2. The number of hydrogen-bond donors (Lipinski definition) is 2. The Kier molecular flexibility index (Phi) is 7.14. The van der Waals surface area contributed by atoms with Gasteiger partial charge in [-0.05, 0) is 34.1 Å². The molecule has 0 aliphatic carbocycles. The van der Waals surface area contributed by atoms with Crippen molar-refractivity contribution in [2.24, 2.45) is 0 Å². The number of rotatable bonds is 10. The van der Waals surface area contributed by atoms with E-state index in [0.717, 1.165) is 13.0 Å². The molecule has 0 unspecified atom stereocenters. The molecular weight excluding hydrogens is 270 g/mol. The molecule has 0 aliphatic rings. The van der Waals surface area contributed by atoms with Crippen LogP contribution in [0.4, 0.5) is 11.9 Å². The van der Waals surface area contributed by atoms with Gasteiger partial charge in [0, 0.05) is 19.7 Å². The lowest BCUT2D eigenvalue weighted by atomic mass is 10.1. The van der Waals surface area contributed by atoms with Crippen LogP contribution in [0.3, 0.4) is 0 Å². The van der Waals surface area contributed by atoms with E-state index in [1.54, 1.807) is 0 Å². The summed E-state index contributed by atoms with van der Waals surface area (Å²) in [6.45, 7) is 12.6. The van der Waals surface area contributed by atoms with Crippen LogP contribution in [0.15, 0.2) is 0 Å². The zero-order chi connectivity index (χ0) is 15.7. The van der Waals surface area contributed by atoms with E-state index in [0.29, 0.717) is 37.7 Å². The number of nitrogens with zero attached hydrogens (tertiary/aromatic N) is 3. The van der Waals surface area contributed by atoms with Crippen LogP contribution in [0, 0.1) is 0 Å². The third-order valence-electron chi connectivity index (χ3n) is 2.63. The molecule has 0 aliphatic heterocycles. The Morgan fingerprint density at radius 1 is 0.952 bits per heavy atom. The second kappa shape index (κ2) is 8.61. The van der Waals surface area contributed by atoms with Crippen LogP contribution >= 0.6 is 0 Å². The van der Waals surface area contributed by atoms with E-state index >= 15 is 0 Å². The zero-order valence-corrected chi connectivity index (χ0v) is 13.7. The Morgan fingerprint density at radius 2 is 1.62 bits per heavy atom. The molecule has 0 amide bonds. The topological polar surface area (TPSA) is 81.2 Å². The molecule has 0 saturated heterocycles. The highest BCUT2D eigenvalue weighted by molar-refractivity contribution is 5.36. The Morgan fingerprint density at radius 3 is 2.19 bits per heavy atom. The lowest BCUT2D eigenvalue weighted by Crippen LogP contribution is -2.34. The summed E-state index contributed by atoms with van der Waals surface area (Å²) in [4.78, 5) is 12.8. The van der Waals surface area contributed by atoms with Crippen LogP contribution in [-0.2, 0) is 4.74 Å². The quantitative estimate of drug-likeness (QED) is 0.686. The molecule has 0 atom stereocenters. The third-order valence-corrected chi connectivity index (χ3v) is 2.63. The highest BCUT2D eigenvalue weighted by atomic mass is 16.5. The second-order valence-corrected chi connectivity index (χ2v) is 5.17. The van der Waals surface area contributed by atoms with Crippen molar-refractivity contribution in [3.8, 4) is 6.01 Å². The summed E-state index contributed by atoms with van der Waals surface area (Å²) in [5, 5.41) is 6.32. The SMILES string of the molecule is CCCNc1nc(NCC(C)(C)OCC)nc(OCC)n1. The van der Waals surface area contributed by atoms with Crippen LogP contribution in [0.1, 0.15) is 41.0 Å². The van der Waals surface area contributed by atoms with Crippen LogP contribution in [0.2, 0.25) is 0 Å². The minimum atomic E-state index is -0.288. The average Bonchev–Trinajstić information content (AvgIpc) is 2.43. The molecule has 120 valence electrons. The van der Waals surface area contributed by atoms with Crippen molar-refractivity contribution in [3.63, 3.8) is 0 Å². The van der Waals surface area contributed by atoms with Gasteiger partial charge in [0.05, 0.1) is 12.2 Å². The van der Waals surface area contributed by atoms with Crippen molar-refractivity contribution in [1.82, 2.24) is 15.0 Å². The summed E-state index contributed by atoms with van der Waals surface area (Å²) in [6.07, 6.45) is 0.996. The first kappa shape index (κ1) is 17.4. The molecule has 0 fully saturated rings. The summed E-state index contributed by atoms with van der Waals surface area (Å²) in [6, 6.07) is 0.322. The first-order valence-electron chi connectivity index (χ1n) is 7.51. The number of aromatic nitrogens is 3. The summed E-state index contributed by atoms with van der Waals surface area (Å²) in [5.74, 6) is 1.01. The van der Waals surface area contributed by atoms with Gasteiger partial charge in [-0.15, -0.1) is 0 Å². The predicted octanol–water partition coefficient (Wildman–Crippen LogP) is 2.32. The van der Waals surface area contributed by atoms with Crippen molar-refractivity contribution in [2.75, 3.05) is 36.9 Å². The highest BCUT2D eigenvalue weighted by Crippen LogP contribution is 2.14. The Hall–Kier alpha value is -1.63. The van der Waals surface area contributed by atoms with Crippen molar-refractivity contribution in [1.29, 1.82) is 0 Å². The summed E-state index contributed by atoms with van der Waals surface area (Å²) >= 11 is 0. The van der Waals surface area contributed by atoms with Gasteiger partial charge in [-0.1, -0.05) is 6.92 Å². The lowest BCUT2D eigenvalue weighted by molar-refractivity contribution is 0.000567. The average molecular weight is 297 g/mol. The molecular formula is C14H27N5O2. The molecule has 1 aromatic heterocycles. The minimum absolute atomic E-state index is 0.288. The maximum atomic E-state index is 5.64. The molecule has 1 rings (SSSR count). The molecule has 7 nitrogen and oxygen atoms in total. The molecule has 1 heterocycles. The fraction of sp³-hybridized carbons (Fsp3) is 0.786. The van der Waals surface area contributed by atoms with E-state index in [2.05, 4.69) is 32.5 Å². The van der Waals surface area contributed by atoms with Gasteiger partial charge in [-0.2, -0.15) is 15.0 Å². The summed E-state index contributed by atoms with van der Waals surface area (Å²) in [7, 11) is 0. The van der Waals surface area contributed by atoms with Gasteiger partial charge in [0.1, 0.15) is 0 Å². The summed E-state index contributed by atoms with van der Waals surface area (Å²) < 4.78 is 11.0. The molecule has 0 radical (unpaired) electrons. The van der Waals surface area contributed by atoms with Crippen LogP contribution in [0.5, 0.6) is 6.01 Å². The molecule has 0 saturated carbocycles. The normalized spacial score (nSPS) is 11.3. The van der Waals surface area contributed by atoms with Gasteiger partial charge in [0.2, 0.25) is 11.9 Å². The van der Waals surface area contributed by atoms with Crippen molar-refractivity contribution in [3.05, 3.63) is 0 Å². The van der Waals surface area contributed by atoms with E-state index in [1.807, 2.05) is 27.7 Å². The lowest BCUT2D eigenvalue weighted by Gasteiger charge is -2.24. The van der Waals surface area contributed by atoms with Crippen LogP contribution in [-0.4, -0.2) is 46.9 Å². The third kappa shape index (κ3) is 6.57. The zero-order valence-electron chi connectivity index (χ0n) is 13.7. The molecule has 21 heavy (non-hydrogen) atoms. The van der Waals surface area contributed by atoms with Crippen molar-refractivity contribution >= 4 is 11.9 Å². The van der Waals surface area contributed by atoms with E-state index < -0.39 is 0 Å². The largest absolute Gasteiger partial charge is 0.464 e. The molecule has 1 aromatic rings. The number of anilines is 2. The van der Waals surface area contributed by atoms with Gasteiger partial charge < -0.3 is 20.1 Å². The fourth-order valence-electron chi connectivity index (χ4n) is 1.68. The first-order chi connectivity index (χ1) is 10.0. The molecule has 2 N–H and O–H groups in total. The molecule has 0 spiro atoms. The second-order valence-electron chi connectivity index (χ2n) is 5.17. The number of nitrogens with one attached hydrogen (secondary N) is 2. The Labute approximate surface area is 126 Å². The Balaban J connectivity index is 2.77. The monoisotopic (exact) mass is 297 g/mol. The number of hydrogen-bond acceptors (Lipinski definition) is 7. The first-order valence-corrected chi connectivity index (χ1v) is 7.51. The smallest absolute Gasteiger partial charge is 0.323 e. The summed E-state index contributed by atoms with van der Waals surface area (Å²) in [5.41, 5.74) is -0.288.